The number of aromatic nitrogens is 1. The molecule has 3 aromatic rings. The Hall–Kier alpha value is -2.50. The second-order valence-corrected chi connectivity index (χ2v) is 6.00. The summed E-state index contributed by atoms with van der Waals surface area (Å²) in [6.45, 7) is 1.78. The Labute approximate surface area is 147 Å². The highest BCUT2D eigenvalue weighted by molar-refractivity contribution is 6.35. The van der Waals surface area contributed by atoms with Gasteiger partial charge in [-0.05, 0) is 36.8 Å². The van der Waals surface area contributed by atoms with Crippen molar-refractivity contribution in [2.45, 2.75) is 6.92 Å². The van der Waals surface area contributed by atoms with Crippen LogP contribution in [0.15, 0.2) is 47.0 Å². The number of phenols is 1. The van der Waals surface area contributed by atoms with Gasteiger partial charge >= 0.3 is 0 Å². The van der Waals surface area contributed by atoms with Crippen molar-refractivity contribution in [2.24, 2.45) is 0 Å². The van der Waals surface area contributed by atoms with Crippen LogP contribution >= 0.6 is 23.2 Å². The van der Waals surface area contributed by atoms with E-state index in [9.17, 15) is 9.90 Å². The number of amides is 1. The summed E-state index contributed by atoms with van der Waals surface area (Å²) in [5.41, 5.74) is 1.82. The standard InChI is InChI=1S/C17H12Cl2N2O3/c1-9-2-3-10(6-15(9)22)16-8-14(21-24-16)17(23)20-13-7-11(18)4-5-12(13)19/h2-8,22H,1H3,(H,20,23). The molecule has 1 amide bonds. The summed E-state index contributed by atoms with van der Waals surface area (Å²) in [5, 5.41) is 16.9. The molecule has 0 saturated heterocycles. The van der Waals surface area contributed by atoms with Crippen molar-refractivity contribution in [3.05, 3.63) is 63.8 Å². The SMILES string of the molecule is Cc1ccc(-c2cc(C(=O)Nc3cc(Cl)ccc3Cl)no2)cc1O. The number of halogens is 2. The van der Waals surface area contributed by atoms with Crippen molar-refractivity contribution in [1.82, 2.24) is 5.16 Å². The molecule has 0 aliphatic heterocycles. The highest BCUT2D eigenvalue weighted by Crippen LogP contribution is 2.28. The molecule has 2 N–H and O–H groups in total. The average Bonchev–Trinajstić information content (AvgIpc) is 3.03. The van der Waals surface area contributed by atoms with Crippen LogP contribution in [0.1, 0.15) is 16.1 Å². The molecule has 0 unspecified atom stereocenters. The Kier molecular flexibility index (Phi) is 4.46. The van der Waals surface area contributed by atoms with Crippen molar-refractivity contribution in [3.63, 3.8) is 0 Å². The first-order chi connectivity index (χ1) is 11.4. The number of nitrogens with zero attached hydrogens (tertiary/aromatic N) is 1. The normalized spacial score (nSPS) is 10.6. The molecule has 1 heterocycles. The highest BCUT2D eigenvalue weighted by Gasteiger charge is 2.16. The largest absolute Gasteiger partial charge is 0.508 e. The Balaban J connectivity index is 1.83. The number of aryl methyl sites for hydroxylation is 1. The lowest BCUT2D eigenvalue weighted by atomic mass is 10.1. The van der Waals surface area contributed by atoms with E-state index in [1.165, 1.54) is 6.07 Å². The zero-order chi connectivity index (χ0) is 17.3. The minimum atomic E-state index is -0.481. The Morgan fingerprint density at radius 3 is 2.71 bits per heavy atom. The fraction of sp³-hybridized carbons (Fsp3) is 0.0588. The number of carbonyl (C=O) groups excluding carboxylic acids is 1. The summed E-state index contributed by atoms with van der Waals surface area (Å²) in [6, 6.07) is 11.3. The van der Waals surface area contributed by atoms with Crippen LogP contribution in [0.2, 0.25) is 10.0 Å². The molecule has 0 fully saturated rings. The Bertz CT molecular complexity index is 922. The van der Waals surface area contributed by atoms with Crippen LogP contribution in [0.5, 0.6) is 5.75 Å². The smallest absolute Gasteiger partial charge is 0.277 e. The molecule has 2 aromatic carbocycles. The average molecular weight is 363 g/mol. The molecule has 0 atom stereocenters. The first kappa shape index (κ1) is 16.4. The molecule has 0 aliphatic rings. The first-order valence-electron chi connectivity index (χ1n) is 6.97. The van der Waals surface area contributed by atoms with Gasteiger partial charge in [0.2, 0.25) is 0 Å². The van der Waals surface area contributed by atoms with E-state index < -0.39 is 5.91 Å². The van der Waals surface area contributed by atoms with Gasteiger partial charge in [0.15, 0.2) is 11.5 Å². The van der Waals surface area contributed by atoms with E-state index in [4.69, 9.17) is 27.7 Å². The lowest BCUT2D eigenvalue weighted by molar-refractivity contribution is 0.101. The van der Waals surface area contributed by atoms with Gasteiger partial charge in [0, 0.05) is 16.7 Å². The molecule has 0 bridgehead atoms. The van der Waals surface area contributed by atoms with Gasteiger partial charge in [0.25, 0.3) is 5.91 Å². The van der Waals surface area contributed by atoms with E-state index in [0.717, 1.165) is 5.56 Å². The third-order valence-corrected chi connectivity index (χ3v) is 3.98. The summed E-state index contributed by atoms with van der Waals surface area (Å²) in [4.78, 5) is 12.3. The van der Waals surface area contributed by atoms with Crippen LogP contribution in [-0.4, -0.2) is 16.2 Å². The number of anilines is 1. The number of benzene rings is 2. The van der Waals surface area contributed by atoms with Crippen LogP contribution in [0.4, 0.5) is 5.69 Å². The van der Waals surface area contributed by atoms with Crippen molar-refractivity contribution in [2.75, 3.05) is 5.32 Å². The third-order valence-electron chi connectivity index (χ3n) is 3.41. The van der Waals surface area contributed by atoms with Gasteiger partial charge in [-0.25, -0.2) is 0 Å². The number of aromatic hydroxyl groups is 1. The zero-order valence-electron chi connectivity index (χ0n) is 12.5. The number of nitrogens with one attached hydrogen (secondary N) is 1. The van der Waals surface area contributed by atoms with E-state index in [0.29, 0.717) is 27.1 Å². The summed E-state index contributed by atoms with van der Waals surface area (Å²) >= 11 is 11.9. The molecular formula is C17H12Cl2N2O3. The lowest BCUT2D eigenvalue weighted by Crippen LogP contribution is -2.12. The molecule has 5 nitrogen and oxygen atoms in total. The van der Waals surface area contributed by atoms with E-state index in [-0.39, 0.29) is 11.4 Å². The first-order valence-corrected chi connectivity index (χ1v) is 7.73. The predicted octanol–water partition coefficient (Wildman–Crippen LogP) is 4.91. The fourth-order valence-electron chi connectivity index (χ4n) is 2.06. The van der Waals surface area contributed by atoms with Gasteiger partial charge in [0.1, 0.15) is 5.75 Å². The van der Waals surface area contributed by atoms with Crippen molar-refractivity contribution >= 4 is 34.8 Å². The molecule has 0 saturated carbocycles. The van der Waals surface area contributed by atoms with E-state index in [1.807, 2.05) is 0 Å². The predicted molar refractivity (Wildman–Crippen MR) is 92.8 cm³/mol. The topological polar surface area (TPSA) is 75.4 Å². The summed E-state index contributed by atoms with van der Waals surface area (Å²) < 4.78 is 5.18. The van der Waals surface area contributed by atoms with Crippen LogP contribution in [-0.2, 0) is 0 Å². The molecule has 0 radical (unpaired) electrons. The van der Waals surface area contributed by atoms with Gasteiger partial charge in [-0.3, -0.25) is 4.79 Å². The van der Waals surface area contributed by atoms with Gasteiger partial charge in [-0.2, -0.15) is 0 Å². The molecule has 1 aromatic heterocycles. The molecular weight excluding hydrogens is 351 g/mol. The highest BCUT2D eigenvalue weighted by atomic mass is 35.5. The maximum Gasteiger partial charge on any atom is 0.277 e. The van der Waals surface area contributed by atoms with Crippen LogP contribution < -0.4 is 5.32 Å². The minimum Gasteiger partial charge on any atom is -0.508 e. The second kappa shape index (κ2) is 6.55. The summed E-state index contributed by atoms with van der Waals surface area (Å²) in [7, 11) is 0. The number of rotatable bonds is 3. The lowest BCUT2D eigenvalue weighted by Gasteiger charge is -2.05. The number of hydrogen-bond donors (Lipinski definition) is 2. The maximum absolute atomic E-state index is 12.3. The Morgan fingerprint density at radius 1 is 1.17 bits per heavy atom. The summed E-state index contributed by atoms with van der Waals surface area (Å²) in [5.74, 6) is 0.0266. The molecule has 3 rings (SSSR count). The van der Waals surface area contributed by atoms with Crippen LogP contribution in [0.3, 0.4) is 0 Å². The van der Waals surface area contributed by atoms with Crippen molar-refractivity contribution in [1.29, 1.82) is 0 Å². The minimum absolute atomic E-state index is 0.0844. The monoisotopic (exact) mass is 362 g/mol. The molecule has 0 spiro atoms. The number of hydrogen-bond acceptors (Lipinski definition) is 4. The van der Waals surface area contributed by atoms with Crippen LogP contribution in [0, 0.1) is 6.92 Å². The van der Waals surface area contributed by atoms with Gasteiger partial charge in [-0.1, -0.05) is 40.5 Å². The second-order valence-electron chi connectivity index (χ2n) is 5.16. The molecule has 7 heteroatoms. The van der Waals surface area contributed by atoms with Gasteiger partial charge in [-0.15, -0.1) is 0 Å². The summed E-state index contributed by atoms with van der Waals surface area (Å²) in [6.07, 6.45) is 0. The maximum atomic E-state index is 12.3. The molecule has 24 heavy (non-hydrogen) atoms. The van der Waals surface area contributed by atoms with E-state index in [2.05, 4.69) is 10.5 Å². The molecule has 0 aliphatic carbocycles. The van der Waals surface area contributed by atoms with E-state index in [1.54, 1.807) is 43.3 Å². The third kappa shape index (κ3) is 3.37. The number of phenolic OH excluding ortho intramolecular Hbond substituents is 1. The van der Waals surface area contributed by atoms with Crippen molar-refractivity contribution in [3.8, 4) is 17.1 Å². The quantitative estimate of drug-likeness (QED) is 0.693. The number of carbonyl (C=O) groups is 1. The molecule has 122 valence electrons. The zero-order valence-corrected chi connectivity index (χ0v) is 14.0. The van der Waals surface area contributed by atoms with Gasteiger partial charge in [0.05, 0.1) is 10.7 Å². The van der Waals surface area contributed by atoms with Crippen LogP contribution in [0.25, 0.3) is 11.3 Å². The fourth-order valence-corrected chi connectivity index (χ4v) is 2.40. The van der Waals surface area contributed by atoms with Gasteiger partial charge < -0.3 is 14.9 Å². The van der Waals surface area contributed by atoms with Crippen molar-refractivity contribution < 1.29 is 14.4 Å². The van der Waals surface area contributed by atoms with E-state index >= 15 is 0 Å². The Morgan fingerprint density at radius 2 is 1.96 bits per heavy atom.